The van der Waals surface area contributed by atoms with E-state index in [9.17, 15) is 9.18 Å². The molecule has 3 rings (SSSR count). The van der Waals surface area contributed by atoms with Crippen molar-refractivity contribution in [2.45, 2.75) is 6.92 Å². The van der Waals surface area contributed by atoms with Crippen LogP contribution in [0.1, 0.15) is 16.1 Å². The van der Waals surface area contributed by atoms with E-state index in [1.807, 2.05) is 13.0 Å². The van der Waals surface area contributed by atoms with Crippen molar-refractivity contribution >= 4 is 34.7 Å². The molecule has 25 heavy (non-hydrogen) atoms. The fraction of sp³-hybridized carbons (Fsp3) is 0.0556. The second-order valence-electron chi connectivity index (χ2n) is 5.31. The van der Waals surface area contributed by atoms with E-state index in [1.54, 1.807) is 30.3 Å². The predicted molar refractivity (Wildman–Crippen MR) is 95.9 cm³/mol. The van der Waals surface area contributed by atoms with Crippen LogP contribution in [-0.4, -0.2) is 15.9 Å². The minimum Gasteiger partial charge on any atom is -0.337 e. The van der Waals surface area contributed by atoms with E-state index in [0.717, 1.165) is 5.56 Å². The van der Waals surface area contributed by atoms with Gasteiger partial charge in [-0.05, 0) is 36.8 Å². The Labute approximate surface area is 148 Å². The third-order valence-corrected chi connectivity index (χ3v) is 3.86. The molecule has 0 fully saturated rings. The molecule has 0 aliphatic heterocycles. The molecule has 0 atom stereocenters. The molecule has 0 radical (unpaired) electrons. The summed E-state index contributed by atoms with van der Waals surface area (Å²) in [7, 11) is 0. The predicted octanol–water partition coefficient (Wildman–Crippen LogP) is 4.57. The van der Waals surface area contributed by atoms with Crippen LogP contribution in [0.4, 0.5) is 21.6 Å². The van der Waals surface area contributed by atoms with Gasteiger partial charge in [-0.2, -0.15) is 0 Å². The number of nitrogens with zero attached hydrogens (tertiary/aromatic N) is 2. The van der Waals surface area contributed by atoms with Crippen LogP contribution >= 0.6 is 11.6 Å². The molecule has 5 nitrogen and oxygen atoms in total. The van der Waals surface area contributed by atoms with Crippen molar-refractivity contribution in [3.8, 4) is 0 Å². The van der Waals surface area contributed by atoms with Crippen molar-refractivity contribution in [2.75, 3.05) is 10.6 Å². The van der Waals surface area contributed by atoms with Crippen molar-refractivity contribution in [3.05, 3.63) is 77.0 Å². The number of hydrogen-bond acceptors (Lipinski definition) is 4. The zero-order valence-electron chi connectivity index (χ0n) is 13.3. The first-order valence-corrected chi connectivity index (χ1v) is 7.82. The van der Waals surface area contributed by atoms with Crippen LogP contribution in [0.5, 0.6) is 0 Å². The van der Waals surface area contributed by atoms with E-state index in [0.29, 0.717) is 16.5 Å². The summed E-state index contributed by atoms with van der Waals surface area (Å²) in [5.74, 6) is -0.479. The molecule has 0 bridgehead atoms. The quantitative estimate of drug-likeness (QED) is 0.718. The smallest absolute Gasteiger partial charge is 0.275 e. The van der Waals surface area contributed by atoms with Gasteiger partial charge in [-0.1, -0.05) is 29.8 Å². The summed E-state index contributed by atoms with van der Waals surface area (Å²) in [4.78, 5) is 20.3. The van der Waals surface area contributed by atoms with E-state index < -0.39 is 11.7 Å². The van der Waals surface area contributed by atoms with Gasteiger partial charge in [0, 0.05) is 10.7 Å². The molecule has 0 aliphatic rings. The van der Waals surface area contributed by atoms with E-state index in [2.05, 4.69) is 20.6 Å². The Hall–Kier alpha value is -2.99. The molecule has 2 aromatic carbocycles. The zero-order chi connectivity index (χ0) is 17.8. The van der Waals surface area contributed by atoms with Gasteiger partial charge in [0.25, 0.3) is 5.91 Å². The number of hydrogen-bond donors (Lipinski definition) is 2. The first-order valence-electron chi connectivity index (χ1n) is 7.44. The lowest BCUT2D eigenvalue weighted by Crippen LogP contribution is -2.14. The lowest BCUT2D eigenvalue weighted by atomic mass is 10.2. The minimum atomic E-state index is -0.412. The van der Waals surface area contributed by atoms with Gasteiger partial charge in [-0.15, -0.1) is 0 Å². The molecular weight excluding hydrogens is 343 g/mol. The molecule has 3 aromatic rings. The molecule has 0 saturated carbocycles. The minimum absolute atomic E-state index is 0.135. The molecule has 0 unspecified atom stereocenters. The number of nitrogens with one attached hydrogen (secondary N) is 2. The van der Waals surface area contributed by atoms with Crippen molar-refractivity contribution in [2.24, 2.45) is 0 Å². The Balaban J connectivity index is 1.70. The fourth-order valence-corrected chi connectivity index (χ4v) is 2.26. The first kappa shape index (κ1) is 16.9. The van der Waals surface area contributed by atoms with Crippen LogP contribution in [0, 0.1) is 12.7 Å². The number of aryl methyl sites for hydroxylation is 1. The normalized spacial score (nSPS) is 10.4. The summed E-state index contributed by atoms with van der Waals surface area (Å²) in [5.41, 5.74) is 1.90. The summed E-state index contributed by atoms with van der Waals surface area (Å²) in [6.45, 7) is 1.88. The molecule has 0 aliphatic carbocycles. The number of halogens is 2. The number of anilines is 3. The third-order valence-electron chi connectivity index (χ3n) is 3.45. The summed E-state index contributed by atoms with van der Waals surface area (Å²) in [6, 6.07) is 11.4. The molecule has 1 heterocycles. The lowest BCUT2D eigenvalue weighted by molar-refractivity contribution is 0.102. The van der Waals surface area contributed by atoms with Crippen LogP contribution in [0.2, 0.25) is 5.02 Å². The Kier molecular flexibility index (Phi) is 4.90. The van der Waals surface area contributed by atoms with Gasteiger partial charge in [0.05, 0.1) is 18.1 Å². The van der Waals surface area contributed by atoms with Crippen LogP contribution in [0.25, 0.3) is 0 Å². The van der Waals surface area contributed by atoms with E-state index in [-0.39, 0.29) is 11.4 Å². The Morgan fingerprint density at radius 1 is 1.12 bits per heavy atom. The fourth-order valence-electron chi connectivity index (χ4n) is 2.08. The highest BCUT2D eigenvalue weighted by atomic mass is 35.5. The van der Waals surface area contributed by atoms with Crippen molar-refractivity contribution in [1.29, 1.82) is 0 Å². The molecule has 126 valence electrons. The summed E-state index contributed by atoms with van der Waals surface area (Å²) in [6.07, 6.45) is 2.68. The monoisotopic (exact) mass is 356 g/mol. The molecule has 0 spiro atoms. The number of rotatable bonds is 4. The Morgan fingerprint density at radius 3 is 2.60 bits per heavy atom. The maximum absolute atomic E-state index is 13.6. The molecule has 1 aromatic heterocycles. The van der Waals surface area contributed by atoms with Crippen LogP contribution in [0.15, 0.2) is 54.9 Å². The Bertz CT molecular complexity index is 915. The standard InChI is InChI=1S/C18H14ClFN4O/c1-11-6-7-12(8-13(11)19)23-18(25)16-9-22-17(10-21-16)24-15-5-3-2-4-14(15)20/h2-10H,1H3,(H,22,24)(H,23,25). The van der Waals surface area contributed by atoms with E-state index in [1.165, 1.54) is 18.5 Å². The van der Waals surface area contributed by atoms with Crippen molar-refractivity contribution in [3.63, 3.8) is 0 Å². The average molecular weight is 357 g/mol. The average Bonchev–Trinajstić information content (AvgIpc) is 2.61. The number of para-hydroxylation sites is 1. The van der Waals surface area contributed by atoms with Gasteiger partial charge < -0.3 is 10.6 Å². The number of aromatic nitrogens is 2. The van der Waals surface area contributed by atoms with Crippen molar-refractivity contribution in [1.82, 2.24) is 9.97 Å². The van der Waals surface area contributed by atoms with Crippen LogP contribution < -0.4 is 10.6 Å². The highest BCUT2D eigenvalue weighted by Crippen LogP contribution is 2.21. The largest absolute Gasteiger partial charge is 0.337 e. The first-order chi connectivity index (χ1) is 12.0. The maximum Gasteiger partial charge on any atom is 0.275 e. The Morgan fingerprint density at radius 2 is 1.92 bits per heavy atom. The van der Waals surface area contributed by atoms with Crippen molar-refractivity contribution < 1.29 is 9.18 Å². The molecule has 0 saturated heterocycles. The molecule has 2 N–H and O–H groups in total. The summed E-state index contributed by atoms with van der Waals surface area (Å²) < 4.78 is 13.6. The molecule has 7 heteroatoms. The van der Waals surface area contributed by atoms with E-state index in [4.69, 9.17) is 11.6 Å². The third kappa shape index (κ3) is 4.10. The second-order valence-corrected chi connectivity index (χ2v) is 5.72. The highest BCUT2D eigenvalue weighted by molar-refractivity contribution is 6.31. The van der Waals surface area contributed by atoms with Gasteiger partial charge in [0.1, 0.15) is 17.3 Å². The van der Waals surface area contributed by atoms with Gasteiger partial charge in [0.2, 0.25) is 0 Å². The van der Waals surface area contributed by atoms with Gasteiger partial charge >= 0.3 is 0 Å². The number of benzene rings is 2. The van der Waals surface area contributed by atoms with Gasteiger partial charge in [-0.3, -0.25) is 4.79 Å². The SMILES string of the molecule is Cc1ccc(NC(=O)c2cnc(Nc3ccccc3F)cn2)cc1Cl. The number of carbonyl (C=O) groups excluding carboxylic acids is 1. The summed E-state index contributed by atoms with van der Waals surface area (Å²) >= 11 is 6.04. The maximum atomic E-state index is 13.6. The molecular formula is C18H14ClFN4O. The topological polar surface area (TPSA) is 66.9 Å². The van der Waals surface area contributed by atoms with Crippen LogP contribution in [0.3, 0.4) is 0 Å². The van der Waals surface area contributed by atoms with Crippen LogP contribution in [-0.2, 0) is 0 Å². The van der Waals surface area contributed by atoms with E-state index >= 15 is 0 Å². The number of carbonyl (C=O) groups is 1. The zero-order valence-corrected chi connectivity index (χ0v) is 14.0. The lowest BCUT2D eigenvalue weighted by Gasteiger charge is -2.08. The number of amides is 1. The highest BCUT2D eigenvalue weighted by Gasteiger charge is 2.10. The van der Waals surface area contributed by atoms with Gasteiger partial charge in [0.15, 0.2) is 0 Å². The second kappa shape index (κ2) is 7.27. The summed E-state index contributed by atoms with van der Waals surface area (Å²) in [5, 5.41) is 6.07. The molecule has 1 amide bonds. The van der Waals surface area contributed by atoms with Gasteiger partial charge in [-0.25, -0.2) is 14.4 Å².